The number of phenols is 1. The standard InChI is InChI=1S/C28H42N6O8/c1-5-15(2)23(33-22(36)14-30-24(37)16(3)29)26(39)32-20(13-18-8-10-19(35)11-9-18)25(38)31-17(4)27(40)34-12-6-7-21(34)28(41)42/h8-11,15-17,20-21,23,35H,5-7,12-14,29H2,1-4H3,(H,30,37)(H,31,38)(H,32,39)(H,33,36)(H,41,42)/t15-,16-,17-,20-,21-,23-/m0/s1. The van der Waals surface area contributed by atoms with Crippen molar-refractivity contribution < 1.29 is 39.0 Å². The van der Waals surface area contributed by atoms with Gasteiger partial charge in [-0.15, -0.1) is 0 Å². The summed E-state index contributed by atoms with van der Waals surface area (Å²) in [6, 6.07) is 0.905. The number of amides is 5. The smallest absolute Gasteiger partial charge is 0.326 e. The highest BCUT2D eigenvalue weighted by molar-refractivity contribution is 5.95. The van der Waals surface area contributed by atoms with E-state index in [4.69, 9.17) is 5.73 Å². The Morgan fingerprint density at radius 2 is 1.62 bits per heavy atom. The number of rotatable bonds is 14. The maximum atomic E-state index is 13.4. The highest BCUT2D eigenvalue weighted by Crippen LogP contribution is 2.19. The van der Waals surface area contributed by atoms with Crippen LogP contribution in [0.4, 0.5) is 0 Å². The zero-order valence-electron chi connectivity index (χ0n) is 24.4. The largest absolute Gasteiger partial charge is 0.508 e. The third kappa shape index (κ3) is 9.72. The van der Waals surface area contributed by atoms with Crippen LogP contribution in [0.1, 0.15) is 52.5 Å². The van der Waals surface area contributed by atoms with Gasteiger partial charge in [0.1, 0.15) is 29.9 Å². The molecule has 8 N–H and O–H groups in total. The zero-order valence-corrected chi connectivity index (χ0v) is 24.4. The van der Waals surface area contributed by atoms with E-state index in [-0.39, 0.29) is 24.6 Å². The van der Waals surface area contributed by atoms with Crippen LogP contribution in [0.5, 0.6) is 5.75 Å². The maximum absolute atomic E-state index is 13.4. The number of hydrogen-bond acceptors (Lipinski definition) is 8. The number of carboxylic acid groups (broad SMARTS) is 1. The normalized spacial score (nSPS) is 18.1. The summed E-state index contributed by atoms with van der Waals surface area (Å²) >= 11 is 0. The van der Waals surface area contributed by atoms with E-state index >= 15 is 0 Å². The monoisotopic (exact) mass is 590 g/mol. The van der Waals surface area contributed by atoms with Crippen LogP contribution < -0.4 is 27.0 Å². The molecule has 1 heterocycles. The minimum Gasteiger partial charge on any atom is -0.508 e. The Bertz CT molecular complexity index is 1140. The molecule has 1 aliphatic rings. The summed E-state index contributed by atoms with van der Waals surface area (Å²) in [5.41, 5.74) is 6.09. The molecule has 0 bridgehead atoms. The van der Waals surface area contributed by atoms with E-state index in [2.05, 4.69) is 21.3 Å². The highest BCUT2D eigenvalue weighted by Gasteiger charge is 2.37. The third-order valence-corrected chi connectivity index (χ3v) is 7.21. The van der Waals surface area contributed by atoms with Crippen molar-refractivity contribution in [3.05, 3.63) is 29.8 Å². The quantitative estimate of drug-likeness (QED) is 0.141. The SMILES string of the molecule is CC[C@H](C)[C@H](NC(=O)CNC(=O)[C@H](C)N)C(=O)N[C@@H](Cc1ccc(O)cc1)C(=O)N[C@@H](C)C(=O)N1CCC[C@H]1C(=O)O. The van der Waals surface area contributed by atoms with Crippen molar-refractivity contribution in [1.29, 1.82) is 0 Å². The second kappa shape index (κ2) is 15.7. The van der Waals surface area contributed by atoms with Gasteiger partial charge < -0.3 is 42.1 Å². The number of carbonyl (C=O) groups excluding carboxylic acids is 5. The van der Waals surface area contributed by atoms with Crippen LogP contribution in [0.15, 0.2) is 24.3 Å². The van der Waals surface area contributed by atoms with Crippen LogP contribution in [0.25, 0.3) is 0 Å². The van der Waals surface area contributed by atoms with Gasteiger partial charge in [-0.2, -0.15) is 0 Å². The predicted octanol–water partition coefficient (Wildman–Crippen LogP) is -1.01. The number of phenolic OH excluding ortho intramolecular Hbond substituents is 1. The molecule has 1 fully saturated rings. The molecule has 6 atom stereocenters. The van der Waals surface area contributed by atoms with Crippen molar-refractivity contribution in [3.63, 3.8) is 0 Å². The summed E-state index contributed by atoms with van der Waals surface area (Å²) in [5.74, 6) is -4.51. The Balaban J connectivity index is 2.21. The molecule has 1 aromatic carbocycles. The fraction of sp³-hybridized carbons (Fsp3) is 0.571. The van der Waals surface area contributed by atoms with E-state index in [1.165, 1.54) is 30.9 Å². The maximum Gasteiger partial charge on any atom is 0.326 e. The van der Waals surface area contributed by atoms with Crippen molar-refractivity contribution in [2.75, 3.05) is 13.1 Å². The molecule has 0 spiro atoms. The van der Waals surface area contributed by atoms with E-state index in [1.54, 1.807) is 19.1 Å². The van der Waals surface area contributed by atoms with Gasteiger partial charge >= 0.3 is 5.97 Å². The van der Waals surface area contributed by atoms with Crippen LogP contribution in [-0.4, -0.2) is 93.9 Å². The number of nitrogens with two attached hydrogens (primary N) is 1. The minimum atomic E-state index is -1.19. The first-order valence-corrected chi connectivity index (χ1v) is 14.0. The van der Waals surface area contributed by atoms with Gasteiger partial charge in [0.25, 0.3) is 0 Å². The second-order valence-electron chi connectivity index (χ2n) is 10.6. The minimum absolute atomic E-state index is 0.00809. The molecule has 232 valence electrons. The van der Waals surface area contributed by atoms with Gasteiger partial charge in [-0.1, -0.05) is 32.4 Å². The lowest BCUT2D eigenvalue weighted by atomic mass is 9.97. The van der Waals surface area contributed by atoms with Crippen molar-refractivity contribution >= 4 is 35.5 Å². The van der Waals surface area contributed by atoms with Gasteiger partial charge in [-0.3, -0.25) is 24.0 Å². The van der Waals surface area contributed by atoms with Crippen LogP contribution in [0.2, 0.25) is 0 Å². The van der Waals surface area contributed by atoms with Crippen LogP contribution in [0, 0.1) is 5.92 Å². The Morgan fingerprint density at radius 1 is 0.976 bits per heavy atom. The summed E-state index contributed by atoms with van der Waals surface area (Å²) < 4.78 is 0. The fourth-order valence-electron chi connectivity index (χ4n) is 4.50. The molecule has 14 heteroatoms. The number of nitrogens with zero attached hydrogens (tertiary/aromatic N) is 1. The van der Waals surface area contributed by atoms with E-state index in [9.17, 15) is 39.0 Å². The van der Waals surface area contributed by atoms with Crippen LogP contribution >= 0.6 is 0 Å². The van der Waals surface area contributed by atoms with Gasteiger partial charge in [0, 0.05) is 13.0 Å². The first-order valence-electron chi connectivity index (χ1n) is 14.0. The number of likely N-dealkylation sites (tertiary alicyclic amines) is 1. The van der Waals surface area contributed by atoms with Crippen LogP contribution in [0.3, 0.4) is 0 Å². The number of carbonyl (C=O) groups is 6. The van der Waals surface area contributed by atoms with Crippen molar-refractivity contribution in [2.45, 2.75) is 83.6 Å². The summed E-state index contributed by atoms with van der Waals surface area (Å²) in [5, 5.41) is 29.3. The molecule has 1 saturated heterocycles. The van der Waals surface area contributed by atoms with E-state index in [0.717, 1.165) is 0 Å². The summed E-state index contributed by atoms with van der Waals surface area (Å²) in [7, 11) is 0. The van der Waals surface area contributed by atoms with Crippen molar-refractivity contribution in [3.8, 4) is 5.75 Å². The first kappa shape index (κ1) is 34.0. The molecule has 0 aliphatic carbocycles. The number of nitrogens with one attached hydrogen (secondary N) is 4. The number of carboxylic acids is 1. The van der Waals surface area contributed by atoms with Gasteiger partial charge in [0.2, 0.25) is 29.5 Å². The molecule has 0 unspecified atom stereocenters. The number of benzene rings is 1. The fourth-order valence-corrected chi connectivity index (χ4v) is 4.50. The summed E-state index contributed by atoms with van der Waals surface area (Å²) in [4.78, 5) is 76.9. The molecule has 14 nitrogen and oxygen atoms in total. The number of aromatic hydroxyl groups is 1. The Labute approximate surface area is 244 Å². The molecule has 1 aliphatic heterocycles. The Kier molecular flexibility index (Phi) is 12.7. The van der Waals surface area contributed by atoms with Crippen LogP contribution in [-0.2, 0) is 35.2 Å². The van der Waals surface area contributed by atoms with E-state index in [1.807, 2.05) is 6.92 Å². The number of hydrogen-bond donors (Lipinski definition) is 7. The summed E-state index contributed by atoms with van der Waals surface area (Å²) in [6.45, 7) is 6.33. The molecule has 5 amide bonds. The molecule has 0 radical (unpaired) electrons. The average molecular weight is 591 g/mol. The third-order valence-electron chi connectivity index (χ3n) is 7.21. The molecular formula is C28H42N6O8. The van der Waals surface area contributed by atoms with Gasteiger partial charge in [0.15, 0.2) is 0 Å². The Hall–Kier alpha value is -4.20. The lowest BCUT2D eigenvalue weighted by Gasteiger charge is -2.28. The first-order chi connectivity index (χ1) is 19.7. The second-order valence-corrected chi connectivity index (χ2v) is 10.6. The molecule has 42 heavy (non-hydrogen) atoms. The number of aliphatic carboxylic acids is 1. The molecule has 2 rings (SSSR count). The van der Waals surface area contributed by atoms with Gasteiger partial charge in [-0.05, 0) is 50.3 Å². The van der Waals surface area contributed by atoms with Gasteiger partial charge in [-0.25, -0.2) is 4.79 Å². The Morgan fingerprint density at radius 3 is 2.19 bits per heavy atom. The lowest BCUT2D eigenvalue weighted by molar-refractivity contribution is -0.149. The highest BCUT2D eigenvalue weighted by atomic mass is 16.4. The summed E-state index contributed by atoms with van der Waals surface area (Å²) in [6.07, 6.45) is 1.34. The predicted molar refractivity (Wildman–Crippen MR) is 152 cm³/mol. The average Bonchev–Trinajstić information content (AvgIpc) is 3.44. The molecule has 1 aromatic rings. The van der Waals surface area contributed by atoms with E-state index < -0.39 is 72.3 Å². The topological polar surface area (TPSA) is 220 Å². The zero-order chi connectivity index (χ0) is 31.6. The van der Waals surface area contributed by atoms with Crippen molar-refractivity contribution in [2.24, 2.45) is 11.7 Å². The molecule has 0 aromatic heterocycles. The van der Waals surface area contributed by atoms with E-state index in [0.29, 0.717) is 24.8 Å². The molecule has 0 saturated carbocycles. The van der Waals surface area contributed by atoms with Crippen molar-refractivity contribution in [1.82, 2.24) is 26.2 Å². The molecular weight excluding hydrogens is 548 g/mol. The van der Waals surface area contributed by atoms with Gasteiger partial charge in [0.05, 0.1) is 12.6 Å². The lowest BCUT2D eigenvalue weighted by Crippen LogP contribution is -2.59.